The van der Waals surface area contributed by atoms with E-state index >= 15 is 0 Å². The Morgan fingerprint density at radius 1 is 0.538 bits per heavy atom. The third-order valence-corrected chi connectivity index (χ3v) is 15.3. The average molecular weight is 913 g/mol. The fourth-order valence-corrected chi connectivity index (χ4v) is 11.0. The van der Waals surface area contributed by atoms with Crippen LogP contribution in [-0.2, 0) is 10.9 Å². The molecule has 0 aliphatic carbocycles. The van der Waals surface area contributed by atoms with Crippen molar-refractivity contribution < 1.29 is 14.4 Å². The molecule has 4 aromatic rings. The van der Waals surface area contributed by atoms with E-state index in [0.717, 1.165) is 63.7 Å². The van der Waals surface area contributed by atoms with Crippen molar-refractivity contribution in [3.05, 3.63) is 89.5 Å². The smallest absolute Gasteiger partial charge is 0.162 e. The summed E-state index contributed by atoms with van der Waals surface area (Å²) in [6.07, 6.45) is 15.3. The van der Waals surface area contributed by atoms with Gasteiger partial charge in [0.1, 0.15) is 23.0 Å². The quantitative estimate of drug-likeness (QED) is 0.0593. The van der Waals surface area contributed by atoms with Crippen LogP contribution in [0.4, 0.5) is 0 Å². The number of unbranched alkanes of at least 4 members (excludes halogenated alkanes) is 6. The molecule has 3 saturated heterocycles. The van der Waals surface area contributed by atoms with Gasteiger partial charge in [0.2, 0.25) is 0 Å². The molecule has 65 heavy (non-hydrogen) atoms. The van der Waals surface area contributed by atoms with Gasteiger partial charge in [0.05, 0.1) is 33.4 Å². The summed E-state index contributed by atoms with van der Waals surface area (Å²) in [5, 5.41) is 13.8. The number of likely N-dealkylation sites (N-methyl/N-ethyl adjacent to an activating group) is 2. The topological polar surface area (TPSA) is 60.8 Å². The predicted octanol–water partition coefficient (Wildman–Crippen LogP) is 11.0. The number of nitrogens with zero attached hydrogens (tertiary/aromatic N) is 5. The fourth-order valence-electron chi connectivity index (χ4n) is 8.49. The minimum Gasteiger partial charge on any atom is -0.662 e. The van der Waals surface area contributed by atoms with Crippen LogP contribution in [0.25, 0.3) is 32.2 Å². The first-order chi connectivity index (χ1) is 32.0. The number of ether oxygens (including phenoxy) is 2. The van der Waals surface area contributed by atoms with Crippen LogP contribution in [0, 0.1) is 0 Å². The van der Waals surface area contributed by atoms with E-state index in [0.29, 0.717) is 10.9 Å². The number of quaternary nitrogens is 1. The molecule has 3 aliphatic heterocycles. The summed E-state index contributed by atoms with van der Waals surface area (Å²) >= 11 is 0. The molecule has 7 rings (SSSR count). The molecule has 0 atom stereocenters. The molecular formula is C56H92N6O2S. The van der Waals surface area contributed by atoms with Crippen molar-refractivity contribution in [3.63, 3.8) is 0 Å². The summed E-state index contributed by atoms with van der Waals surface area (Å²) in [5.74, 6) is 4.81. The Labute approximate surface area is 400 Å². The number of rotatable bonds is 23. The molecule has 3 heterocycles. The summed E-state index contributed by atoms with van der Waals surface area (Å²) in [6.45, 7) is 27.2. The molecule has 0 unspecified atom stereocenters. The lowest BCUT2D eigenvalue weighted by atomic mass is 10.1. The molecule has 364 valence electrons. The second kappa shape index (κ2) is 34.4. The lowest BCUT2D eigenvalue weighted by Gasteiger charge is -2.32. The van der Waals surface area contributed by atoms with Gasteiger partial charge in [-0.1, -0.05) is 121 Å². The number of piperazine rings is 2. The van der Waals surface area contributed by atoms with Gasteiger partial charge < -0.3 is 34.8 Å². The van der Waals surface area contributed by atoms with Crippen LogP contribution in [0.1, 0.15) is 105 Å². The van der Waals surface area contributed by atoms with Gasteiger partial charge in [0.25, 0.3) is 0 Å². The van der Waals surface area contributed by atoms with E-state index in [1.54, 1.807) is 9.80 Å². The molecule has 0 amide bonds. The van der Waals surface area contributed by atoms with Crippen molar-refractivity contribution in [1.82, 2.24) is 14.7 Å². The zero-order valence-electron chi connectivity index (χ0n) is 42.2. The number of benzene rings is 4. The van der Waals surface area contributed by atoms with E-state index in [4.69, 9.17) is 9.47 Å². The second-order valence-corrected chi connectivity index (χ2v) is 20.4. The zero-order valence-corrected chi connectivity index (χ0v) is 43.0. The van der Waals surface area contributed by atoms with Gasteiger partial charge in [-0.15, -0.1) is 13.1 Å². The second-order valence-electron chi connectivity index (χ2n) is 18.2. The highest BCUT2D eigenvalue weighted by atomic mass is 32.2. The van der Waals surface area contributed by atoms with Gasteiger partial charge in [-0.05, 0) is 88.3 Å². The third kappa shape index (κ3) is 21.7. The monoisotopic (exact) mass is 913 g/mol. The van der Waals surface area contributed by atoms with Crippen molar-refractivity contribution >= 4 is 32.4 Å². The predicted molar refractivity (Wildman–Crippen MR) is 286 cm³/mol. The van der Waals surface area contributed by atoms with Crippen molar-refractivity contribution in [3.8, 4) is 11.5 Å². The van der Waals surface area contributed by atoms with Crippen molar-refractivity contribution in [2.45, 2.75) is 110 Å². The SMILES string of the molecule is CCCCOc1ccc([S+]2CCCC2)c2ccccc12.CCCCOc1cccc2ccccc12.CC[N-]CCCCCN1CCN(C)CC1.CC[N-]CCCCCN1CC[NH+](C)CC1. The van der Waals surface area contributed by atoms with E-state index < -0.39 is 0 Å². The highest BCUT2D eigenvalue weighted by molar-refractivity contribution is 7.97. The van der Waals surface area contributed by atoms with Crippen LogP contribution in [0.3, 0.4) is 0 Å². The maximum atomic E-state index is 5.98. The number of hydrogen-bond acceptors (Lipinski definition) is 5. The maximum absolute atomic E-state index is 5.98. The molecule has 9 heteroatoms. The van der Waals surface area contributed by atoms with Crippen LogP contribution in [0.2, 0.25) is 0 Å². The summed E-state index contributed by atoms with van der Waals surface area (Å²) in [4.78, 5) is 10.9. The first-order valence-corrected chi connectivity index (χ1v) is 27.7. The van der Waals surface area contributed by atoms with Gasteiger partial charge in [0.15, 0.2) is 4.90 Å². The molecule has 0 saturated carbocycles. The highest BCUT2D eigenvalue weighted by Crippen LogP contribution is 2.35. The fraction of sp³-hybridized carbons (Fsp3) is 0.643. The first-order valence-electron chi connectivity index (χ1n) is 26.1. The number of fused-ring (bicyclic) bond motifs is 2. The average Bonchev–Trinajstić information content (AvgIpc) is 3.89. The molecule has 0 bridgehead atoms. The molecular weight excluding hydrogens is 821 g/mol. The maximum Gasteiger partial charge on any atom is 0.162 e. The largest absolute Gasteiger partial charge is 0.662 e. The Morgan fingerprint density at radius 3 is 1.65 bits per heavy atom. The van der Waals surface area contributed by atoms with Crippen molar-refractivity contribution in [2.75, 3.05) is 130 Å². The molecule has 0 spiro atoms. The Hall–Kier alpha value is -2.89. The summed E-state index contributed by atoms with van der Waals surface area (Å²) in [5.41, 5.74) is 0. The molecule has 0 radical (unpaired) electrons. The standard InChI is InChI=1S/C18H23OS.C14H16O.2C12H26N3/c1-2-3-12-19-17-10-11-18(20-13-6-7-14-20)16-9-5-4-8-15(16)17;1-2-3-11-15-14-10-6-8-12-7-4-5-9-13(12)14;2*1-3-13-7-5-4-6-8-15-11-9-14(2)10-12-15/h4-5,8-11H,2-3,6-7,12-14H2,1H3;4-10H,2-3,11H2,1H3;2*3-12H2,1-2H3/q+1;;2*-1/p+1. The van der Waals surface area contributed by atoms with E-state index in [-0.39, 0.29) is 0 Å². The van der Waals surface area contributed by atoms with Crippen LogP contribution in [0.5, 0.6) is 11.5 Å². The molecule has 8 nitrogen and oxygen atoms in total. The molecule has 3 aliphatic rings. The summed E-state index contributed by atoms with van der Waals surface area (Å²) in [6, 6.07) is 27.8. The van der Waals surface area contributed by atoms with Gasteiger partial charge >= 0.3 is 0 Å². The lowest BCUT2D eigenvalue weighted by molar-refractivity contribution is -0.884. The summed E-state index contributed by atoms with van der Waals surface area (Å²) < 4.78 is 11.7. The normalized spacial score (nSPS) is 16.3. The molecule has 3 fully saturated rings. The van der Waals surface area contributed by atoms with E-state index in [1.165, 1.54) is 163 Å². The van der Waals surface area contributed by atoms with Crippen LogP contribution in [0.15, 0.2) is 83.8 Å². The summed E-state index contributed by atoms with van der Waals surface area (Å²) in [7, 11) is 4.97. The van der Waals surface area contributed by atoms with Crippen LogP contribution >= 0.6 is 0 Å². The van der Waals surface area contributed by atoms with Crippen molar-refractivity contribution in [1.29, 1.82) is 0 Å². The van der Waals surface area contributed by atoms with Crippen LogP contribution < -0.4 is 14.4 Å². The van der Waals surface area contributed by atoms with E-state index in [9.17, 15) is 0 Å². The van der Waals surface area contributed by atoms with E-state index in [2.05, 4.69) is 134 Å². The van der Waals surface area contributed by atoms with E-state index in [1.807, 2.05) is 12.1 Å². The Balaban J connectivity index is 0.000000192. The number of hydrogen-bond donors (Lipinski definition) is 1. The molecule has 0 aromatic heterocycles. The first kappa shape index (κ1) is 54.7. The lowest BCUT2D eigenvalue weighted by Crippen LogP contribution is -3.11. The molecule has 1 N–H and O–H groups in total. The van der Waals surface area contributed by atoms with Gasteiger partial charge in [0, 0.05) is 66.3 Å². The zero-order chi connectivity index (χ0) is 46.2. The Bertz CT molecular complexity index is 1730. The van der Waals surface area contributed by atoms with Crippen LogP contribution in [-0.4, -0.2) is 145 Å². The van der Waals surface area contributed by atoms with Crippen molar-refractivity contribution in [2.24, 2.45) is 0 Å². The Kier molecular flexibility index (Phi) is 29.0. The molecule has 4 aromatic carbocycles. The van der Waals surface area contributed by atoms with Gasteiger partial charge in [-0.2, -0.15) is 13.1 Å². The number of nitrogens with one attached hydrogen (secondary N) is 1. The van der Waals surface area contributed by atoms with Gasteiger partial charge in [-0.3, -0.25) is 4.90 Å². The highest BCUT2D eigenvalue weighted by Gasteiger charge is 2.29. The minimum absolute atomic E-state index is 0.464. The minimum atomic E-state index is 0.464. The Morgan fingerprint density at radius 2 is 1.06 bits per heavy atom. The van der Waals surface area contributed by atoms with Gasteiger partial charge in [-0.25, -0.2) is 0 Å². The third-order valence-electron chi connectivity index (χ3n) is 12.8.